The normalized spacial score (nSPS) is 12.2. The molecule has 10 heteroatoms. The number of sulfonamides is 1. The van der Waals surface area contributed by atoms with Gasteiger partial charge in [-0.2, -0.15) is 4.31 Å². The van der Waals surface area contributed by atoms with Crippen molar-refractivity contribution in [2.45, 2.75) is 19.1 Å². The molecule has 7 nitrogen and oxygen atoms in total. The van der Waals surface area contributed by atoms with Crippen LogP contribution < -0.4 is 5.32 Å². The molecule has 2 amide bonds. The Kier molecular flexibility index (Phi) is 9.50. The van der Waals surface area contributed by atoms with Crippen LogP contribution in [0.25, 0.3) is 0 Å². The van der Waals surface area contributed by atoms with E-state index in [1.807, 2.05) is 36.4 Å². The average Bonchev–Trinajstić information content (AvgIpc) is 2.83. The highest BCUT2D eigenvalue weighted by atomic mass is 35.5. The molecule has 0 aliphatic heterocycles. The summed E-state index contributed by atoms with van der Waals surface area (Å²) in [6.45, 7) is -0.188. The van der Waals surface area contributed by atoms with Gasteiger partial charge in [0.05, 0.1) is 12.8 Å². The fraction of sp³-hybridized carbons (Fsp3) is 0.231. The van der Waals surface area contributed by atoms with Gasteiger partial charge >= 0.3 is 0 Å². The summed E-state index contributed by atoms with van der Waals surface area (Å²) < 4.78 is 24.9. The van der Waals surface area contributed by atoms with Crippen LogP contribution in [0.3, 0.4) is 0 Å². The quantitative estimate of drug-likeness (QED) is 0.410. The molecule has 0 saturated heterocycles. The van der Waals surface area contributed by atoms with E-state index in [0.717, 1.165) is 16.1 Å². The molecule has 36 heavy (non-hydrogen) atoms. The topological polar surface area (TPSA) is 86.8 Å². The number of benzene rings is 3. The fourth-order valence-electron chi connectivity index (χ4n) is 3.55. The van der Waals surface area contributed by atoms with E-state index >= 15 is 0 Å². The summed E-state index contributed by atoms with van der Waals surface area (Å²) in [5.74, 6) is -0.946. The molecule has 1 atom stereocenters. The minimum Gasteiger partial charge on any atom is -0.350 e. The number of carbonyl (C=O) groups excluding carboxylic acids is 2. The first kappa shape index (κ1) is 27.7. The molecule has 0 saturated carbocycles. The molecule has 0 aromatic heterocycles. The highest BCUT2D eigenvalue weighted by Crippen LogP contribution is 2.25. The number of amides is 2. The number of hydrogen-bond donors (Lipinski definition) is 1. The van der Waals surface area contributed by atoms with E-state index in [1.165, 1.54) is 11.9 Å². The van der Waals surface area contributed by atoms with Crippen LogP contribution in [0.1, 0.15) is 22.7 Å². The van der Waals surface area contributed by atoms with E-state index in [9.17, 15) is 18.0 Å². The van der Waals surface area contributed by atoms with Crippen molar-refractivity contribution in [2.24, 2.45) is 0 Å². The smallest absolute Gasteiger partial charge is 0.247 e. The summed E-state index contributed by atoms with van der Waals surface area (Å²) in [5.41, 5.74) is 2.05. The maximum Gasteiger partial charge on any atom is 0.247 e. The standard InChI is InChI=1S/C26H27Cl2N3O4S/c1-30(36(2,34)35)18-24(32)31(17-19-9-5-3-6-10-19)25(20-11-7-4-8-12-20)26(33)29-16-21-13-14-22(27)15-23(21)28/h3-15,25H,16-18H2,1-2H3,(H,29,33)/t25-/m0/s1. The predicted molar refractivity (Wildman–Crippen MR) is 142 cm³/mol. The summed E-state index contributed by atoms with van der Waals surface area (Å²) >= 11 is 12.2. The Morgan fingerprint density at radius 1 is 0.944 bits per heavy atom. The second-order valence-corrected chi connectivity index (χ2v) is 11.2. The monoisotopic (exact) mass is 547 g/mol. The number of halogens is 2. The maximum absolute atomic E-state index is 13.6. The van der Waals surface area contributed by atoms with Gasteiger partial charge in [0.15, 0.2) is 0 Å². The van der Waals surface area contributed by atoms with E-state index in [0.29, 0.717) is 21.2 Å². The molecule has 3 rings (SSSR count). The summed E-state index contributed by atoms with van der Waals surface area (Å²) in [7, 11) is -2.28. The van der Waals surface area contributed by atoms with Crippen molar-refractivity contribution in [3.63, 3.8) is 0 Å². The Labute approximate surface area is 221 Å². The molecule has 0 unspecified atom stereocenters. The number of nitrogens with zero attached hydrogens (tertiary/aromatic N) is 2. The molecule has 0 spiro atoms. The third-order valence-corrected chi connectivity index (χ3v) is 7.43. The van der Waals surface area contributed by atoms with Crippen LogP contribution in [0, 0.1) is 0 Å². The lowest BCUT2D eigenvalue weighted by Gasteiger charge is -2.32. The van der Waals surface area contributed by atoms with Gasteiger partial charge in [-0.25, -0.2) is 8.42 Å². The Balaban J connectivity index is 1.97. The molecule has 0 aliphatic rings. The molecule has 0 fully saturated rings. The maximum atomic E-state index is 13.6. The van der Waals surface area contributed by atoms with E-state index < -0.39 is 34.4 Å². The van der Waals surface area contributed by atoms with Gasteiger partial charge in [0.25, 0.3) is 0 Å². The van der Waals surface area contributed by atoms with Crippen molar-refractivity contribution >= 4 is 45.0 Å². The lowest BCUT2D eigenvalue weighted by Crippen LogP contribution is -2.47. The zero-order valence-electron chi connectivity index (χ0n) is 19.9. The highest BCUT2D eigenvalue weighted by Gasteiger charge is 2.32. The summed E-state index contributed by atoms with van der Waals surface area (Å²) in [4.78, 5) is 28.5. The van der Waals surface area contributed by atoms with E-state index in [-0.39, 0.29) is 13.1 Å². The lowest BCUT2D eigenvalue weighted by molar-refractivity contribution is -0.141. The van der Waals surface area contributed by atoms with Gasteiger partial charge in [-0.15, -0.1) is 0 Å². The SMILES string of the molecule is CN(CC(=O)N(Cc1ccccc1)[C@H](C(=O)NCc1ccc(Cl)cc1Cl)c1ccccc1)S(C)(=O)=O. The van der Waals surface area contributed by atoms with E-state index in [4.69, 9.17) is 23.2 Å². The number of hydrogen-bond acceptors (Lipinski definition) is 4. The minimum atomic E-state index is -3.61. The Hall–Kier alpha value is -2.91. The molecule has 1 N–H and O–H groups in total. The van der Waals surface area contributed by atoms with Crippen LogP contribution in [0.5, 0.6) is 0 Å². The van der Waals surface area contributed by atoms with Crippen molar-refractivity contribution in [2.75, 3.05) is 19.8 Å². The second-order valence-electron chi connectivity index (χ2n) is 8.29. The minimum absolute atomic E-state index is 0.103. The second kappa shape index (κ2) is 12.4. The molecular formula is C26H27Cl2N3O4S. The Morgan fingerprint density at radius 3 is 2.14 bits per heavy atom. The van der Waals surface area contributed by atoms with E-state index in [2.05, 4.69) is 5.32 Å². The Morgan fingerprint density at radius 2 is 1.56 bits per heavy atom. The van der Waals surface area contributed by atoms with Gasteiger partial charge in [-0.3, -0.25) is 9.59 Å². The number of nitrogens with one attached hydrogen (secondary N) is 1. The van der Waals surface area contributed by atoms with Gasteiger partial charge in [0.1, 0.15) is 6.04 Å². The fourth-order valence-corrected chi connectivity index (χ4v) is 4.37. The van der Waals surface area contributed by atoms with Crippen molar-refractivity contribution in [3.8, 4) is 0 Å². The summed E-state index contributed by atoms with van der Waals surface area (Å²) in [6.07, 6.45) is 1.03. The molecule has 0 aliphatic carbocycles. The van der Waals surface area contributed by atoms with Crippen molar-refractivity contribution in [1.29, 1.82) is 0 Å². The first-order valence-electron chi connectivity index (χ1n) is 11.1. The average molecular weight is 548 g/mol. The predicted octanol–water partition coefficient (Wildman–Crippen LogP) is 4.27. The van der Waals surface area contributed by atoms with Gasteiger partial charge < -0.3 is 10.2 Å². The van der Waals surface area contributed by atoms with Crippen molar-refractivity contribution in [1.82, 2.24) is 14.5 Å². The molecule has 0 radical (unpaired) electrons. The van der Waals surface area contributed by atoms with Crippen LogP contribution in [-0.4, -0.2) is 49.3 Å². The van der Waals surface area contributed by atoms with Crippen LogP contribution in [0.15, 0.2) is 78.9 Å². The zero-order valence-corrected chi connectivity index (χ0v) is 22.2. The third kappa shape index (κ3) is 7.54. The number of carbonyl (C=O) groups is 2. The van der Waals surface area contributed by atoms with Crippen molar-refractivity contribution in [3.05, 3.63) is 106 Å². The zero-order chi connectivity index (χ0) is 26.3. The molecular weight excluding hydrogens is 521 g/mol. The Bertz CT molecular complexity index is 1310. The van der Waals surface area contributed by atoms with Crippen LogP contribution in [0.4, 0.5) is 0 Å². The van der Waals surface area contributed by atoms with Gasteiger partial charge in [0, 0.05) is 30.2 Å². The largest absolute Gasteiger partial charge is 0.350 e. The van der Waals surface area contributed by atoms with Crippen molar-refractivity contribution < 1.29 is 18.0 Å². The summed E-state index contributed by atoms with van der Waals surface area (Å²) in [6, 6.07) is 22.0. The molecule has 3 aromatic rings. The third-order valence-electron chi connectivity index (χ3n) is 5.58. The molecule has 0 bridgehead atoms. The lowest BCUT2D eigenvalue weighted by atomic mass is 10.0. The molecule has 0 heterocycles. The summed E-state index contributed by atoms with van der Waals surface area (Å²) in [5, 5.41) is 3.76. The molecule has 3 aromatic carbocycles. The van der Waals surface area contributed by atoms with Gasteiger partial charge in [-0.05, 0) is 28.8 Å². The number of rotatable bonds is 10. The molecule has 190 valence electrons. The van der Waals surface area contributed by atoms with Gasteiger partial charge in [-0.1, -0.05) is 89.9 Å². The number of likely N-dealkylation sites (N-methyl/N-ethyl adjacent to an activating group) is 1. The highest BCUT2D eigenvalue weighted by molar-refractivity contribution is 7.88. The van der Waals surface area contributed by atoms with E-state index in [1.54, 1.807) is 42.5 Å². The van der Waals surface area contributed by atoms with Crippen LogP contribution in [0.2, 0.25) is 10.0 Å². The van der Waals surface area contributed by atoms with Crippen LogP contribution >= 0.6 is 23.2 Å². The van der Waals surface area contributed by atoms with Gasteiger partial charge in [0.2, 0.25) is 21.8 Å². The first-order chi connectivity index (χ1) is 17.1. The van der Waals surface area contributed by atoms with Crippen LogP contribution in [-0.2, 0) is 32.7 Å². The first-order valence-corrected chi connectivity index (χ1v) is 13.7.